The number of nitrogens with zero attached hydrogens (tertiary/aromatic N) is 20. The SMILES string of the molecule is [2H]C([2H])(CO)O[C@H]1C[C@@H](n2nnc3c(N[C@]4([2H])C[C@H]4c4ccc(C)c(F)c4)nc(SCCC)nc32)[C@H](O)[C@@H]1O.[2H]C([2H])(O)C([2H])([2H])O[C@H]1C[C@@H](n2nnc3c(N[C@]4([2H])C[C@H]4c4ccc(C)c(F)c4)nc(SCCC)nc32)[C@H](O)[C@@H]1O.[2H]C([2H])(O)CO[C@H]1C[C@@H](n2nnc3c(N[C@]4([2H])C[C@H]4c4ccc(C)c(F)c4)nc(SCCC)nc32)[C@H](O)[C@@H]1O.[2H][C@@]1(Nc2nc(SCCC)nc3c2nnn3[C@@H]2C[C@H](OCCO)[C@@H](O)[C@H]2O)C[C@H]1c1ccc(C)c(F)c1. The monoisotopic (exact) mass is 2080 g/mol. The number of aromatic nitrogens is 20. The molecule has 20 rings (SSSR count). The Hall–Kier alpha value is -9.52. The Morgan fingerprint density at radius 2 is 0.597 bits per heavy atom. The first kappa shape index (κ1) is 90.8. The normalized spacial score (nSPS) is 31.3. The van der Waals surface area contributed by atoms with Crippen LogP contribution in [-0.4, -0.2) is 334 Å². The lowest BCUT2D eigenvalue weighted by Crippen LogP contribution is -2.33. The van der Waals surface area contributed by atoms with E-state index in [-0.39, 0.29) is 125 Å². The number of aliphatic hydroxyl groups is 12. The Bertz CT molecular complexity index is 7090. The van der Waals surface area contributed by atoms with E-state index in [9.17, 15) is 73.7 Å². The lowest BCUT2D eigenvalue weighted by Gasteiger charge is -2.17. The zero-order valence-corrected chi connectivity index (χ0v) is 83.0. The lowest BCUT2D eigenvalue weighted by molar-refractivity contribution is -0.0629. The van der Waals surface area contributed by atoms with E-state index in [0.717, 1.165) is 54.1 Å². The van der Waals surface area contributed by atoms with Gasteiger partial charge >= 0.3 is 0 Å². The van der Waals surface area contributed by atoms with Crippen LogP contribution in [0.5, 0.6) is 0 Å². The quantitative estimate of drug-likeness (QED) is 0.00969. The van der Waals surface area contributed by atoms with Crippen molar-refractivity contribution in [2.75, 3.05) is 96.9 Å². The van der Waals surface area contributed by atoms with Crippen LogP contribution < -0.4 is 21.3 Å². The highest BCUT2D eigenvalue weighted by atomic mass is 32.2. The molecule has 0 radical (unpaired) electrons. The summed E-state index contributed by atoms with van der Waals surface area (Å²) in [6.45, 7) is 1.62. The lowest BCUT2D eigenvalue weighted by atomic mass is 10.1. The molecule has 24 atom stereocenters. The number of aryl methyl sites for hydroxylation is 4. The van der Waals surface area contributed by atoms with Crippen LogP contribution in [0.15, 0.2) is 93.4 Å². The van der Waals surface area contributed by atoms with Crippen LogP contribution in [0.1, 0.15) is 214 Å². The summed E-state index contributed by atoms with van der Waals surface area (Å²) in [5, 5.41) is 170. The number of aliphatic hydroxyl groups excluding tert-OH is 10. The van der Waals surface area contributed by atoms with Gasteiger partial charge in [0.2, 0.25) is 0 Å². The summed E-state index contributed by atoms with van der Waals surface area (Å²) in [6.07, 6.45) is -9.59. The minimum atomic E-state index is -3.36. The zero-order valence-electron chi connectivity index (χ0n) is 91.7. The molecule has 8 heterocycles. The summed E-state index contributed by atoms with van der Waals surface area (Å²) in [5.74, 6) is 1.82. The second kappa shape index (κ2) is 47.3. The summed E-state index contributed by atoms with van der Waals surface area (Å²) in [5.41, 5.74) is 7.24. The van der Waals surface area contributed by atoms with Gasteiger partial charge in [-0.2, -0.15) is 0 Å². The summed E-state index contributed by atoms with van der Waals surface area (Å²) in [7, 11) is 0. The van der Waals surface area contributed by atoms with Crippen molar-refractivity contribution < 1.29 is 114 Å². The molecule has 8 saturated carbocycles. The third kappa shape index (κ3) is 23.8. The first-order valence-corrected chi connectivity index (χ1v) is 51.6. The molecule has 0 aliphatic heterocycles. The van der Waals surface area contributed by atoms with E-state index in [1.165, 1.54) is 90.0 Å². The molecule has 144 heavy (non-hydrogen) atoms. The first-order chi connectivity index (χ1) is 73.8. The summed E-state index contributed by atoms with van der Waals surface area (Å²) in [4.78, 5) is 36.8. The summed E-state index contributed by atoms with van der Waals surface area (Å²) >= 11 is 5.65. The van der Waals surface area contributed by atoms with Crippen LogP contribution >= 0.6 is 47.0 Å². The fourth-order valence-corrected chi connectivity index (χ4v) is 20.7. The molecule has 0 unspecified atom stereocenters. The molecule has 8 aliphatic rings. The van der Waals surface area contributed by atoms with E-state index in [2.05, 4.69) is 102 Å². The maximum Gasteiger partial charge on any atom is 0.191 e. The number of nitrogens with one attached hydrogen (secondary N) is 4. The van der Waals surface area contributed by atoms with E-state index in [0.29, 0.717) is 114 Å². The van der Waals surface area contributed by atoms with Crippen LogP contribution in [0.3, 0.4) is 0 Å². The number of anilines is 4. The van der Waals surface area contributed by atoms with Crippen molar-refractivity contribution in [1.29, 1.82) is 0 Å². The Morgan fingerprint density at radius 1 is 0.340 bits per heavy atom. The van der Waals surface area contributed by atoms with Gasteiger partial charge in [0.1, 0.15) is 72.1 Å². The number of thioether (sulfide) groups is 4. The number of hydrogen-bond acceptors (Lipinski definition) is 40. The van der Waals surface area contributed by atoms with E-state index in [1.807, 2.05) is 45.9 Å². The molecule has 8 aliphatic carbocycles. The number of rotatable bonds is 40. The molecule has 0 spiro atoms. The highest BCUT2D eigenvalue weighted by Gasteiger charge is 2.51. The van der Waals surface area contributed by atoms with Crippen molar-refractivity contribution in [3.05, 3.63) is 141 Å². The number of halogens is 4. The predicted octanol–water partition coefficient (Wildman–Crippen LogP) is 8.73. The highest BCUT2D eigenvalue weighted by molar-refractivity contribution is 7.99. The topological polar surface area (TPSA) is 554 Å². The fourth-order valence-electron chi connectivity index (χ4n) is 17.9. The van der Waals surface area contributed by atoms with Gasteiger partial charge in [0.25, 0.3) is 0 Å². The molecule has 0 amide bonds. The largest absolute Gasteiger partial charge is 0.394 e. The average molecular weight is 2090 g/mol. The smallest absolute Gasteiger partial charge is 0.191 e. The van der Waals surface area contributed by atoms with Crippen LogP contribution in [0.2, 0.25) is 0 Å². The van der Waals surface area contributed by atoms with Gasteiger partial charge in [0.05, 0.1) is 118 Å². The van der Waals surface area contributed by atoms with Gasteiger partial charge in [-0.3, -0.25) is 0 Å². The molecule has 8 aromatic heterocycles. The van der Waals surface area contributed by atoms with Crippen molar-refractivity contribution in [1.82, 2.24) is 99.8 Å². The number of ether oxygens (including phenoxy) is 4. The van der Waals surface area contributed by atoms with Crippen LogP contribution in [0.4, 0.5) is 40.8 Å². The van der Waals surface area contributed by atoms with Crippen LogP contribution in [0.25, 0.3) is 44.7 Å². The maximum atomic E-state index is 14.2. The second-order valence-corrected chi connectivity index (χ2v) is 40.7. The second-order valence-electron chi connectivity index (χ2n) is 36.4. The summed E-state index contributed by atoms with van der Waals surface area (Å²) in [6, 6.07) is 12.1. The Kier molecular flexibility index (Phi) is 29.8. The van der Waals surface area contributed by atoms with Gasteiger partial charge in [0.15, 0.2) is 88.6 Å². The Balaban J connectivity index is 0.000000141. The Labute approximate surface area is 860 Å². The fraction of sp³-hybridized carbons (Fsp3) is 0.583. The molecule has 16 N–H and O–H groups in total. The number of benzene rings is 4. The zero-order chi connectivity index (χ0) is 112. The van der Waals surface area contributed by atoms with Crippen LogP contribution in [0, 0.1) is 51.0 Å². The van der Waals surface area contributed by atoms with Gasteiger partial charge in [-0.05, 0) is 148 Å². The molecular formula is C96H124F4N24O16S4. The molecular weight excluding hydrogens is 1950 g/mol. The molecule has 8 fully saturated rings. The molecule has 4 aromatic carbocycles. The van der Waals surface area contributed by atoms with E-state index < -0.39 is 161 Å². The molecule has 48 heteroatoms. The molecule has 776 valence electrons. The van der Waals surface area contributed by atoms with Gasteiger partial charge < -0.3 is 101 Å². The number of hydrogen-bond donors (Lipinski definition) is 16. The maximum absolute atomic E-state index is 14.2. The van der Waals surface area contributed by atoms with Crippen molar-refractivity contribution in [2.24, 2.45) is 0 Å². The standard InChI is InChI=1S/4C24H31FN6O4S/c4*1-3-8-36-24-27-22(26-16-10-14(16)13-5-4-12(2)15(25)9-13)19-23(28-24)31(30-29-19)17-11-18(35-7-6-32)21(34)20(17)33/h4*4-5,9,14,16-18,20-21,32-34H,3,6-8,10-11H2,1-2H3,(H,26,27,28)/t4*14-,16+,17+,18-,20-,21+/m0000/s1/i6D2,7D2,16D;7D2,16D;6D2,16D;16D. The minimum absolute atomic E-state index is 0.00600. The molecule has 0 bridgehead atoms. The van der Waals surface area contributed by atoms with Gasteiger partial charge in [0, 0.05) is 96.4 Å². The van der Waals surface area contributed by atoms with Gasteiger partial charge in [-0.25, -0.2) is 76.2 Å². The van der Waals surface area contributed by atoms with E-state index in [4.69, 9.17) is 40.5 Å². The first-order valence-electron chi connectivity index (χ1n) is 53.7. The minimum Gasteiger partial charge on any atom is -0.394 e. The summed E-state index contributed by atoms with van der Waals surface area (Å²) < 4.78 is 179. The third-order valence-corrected chi connectivity index (χ3v) is 30.4. The van der Waals surface area contributed by atoms with Gasteiger partial charge in [-0.1, -0.05) is 144 Å². The van der Waals surface area contributed by atoms with Crippen LogP contribution in [-0.2, 0) is 18.9 Å². The van der Waals surface area contributed by atoms with Crippen molar-refractivity contribution in [3.63, 3.8) is 0 Å². The molecule has 40 nitrogen and oxygen atoms in total. The van der Waals surface area contributed by atoms with Crippen molar-refractivity contribution in [2.45, 2.75) is 298 Å². The highest BCUT2D eigenvalue weighted by Crippen LogP contribution is 2.50. The predicted molar refractivity (Wildman–Crippen MR) is 530 cm³/mol. The van der Waals surface area contributed by atoms with Crippen molar-refractivity contribution in [3.8, 4) is 0 Å². The van der Waals surface area contributed by atoms with Gasteiger partial charge in [-0.15, -0.1) is 20.4 Å². The molecule has 12 aromatic rings. The molecule has 0 saturated heterocycles. The average Bonchev–Trinajstić information content (AvgIpc) is 1.58. The van der Waals surface area contributed by atoms with Crippen molar-refractivity contribution >= 4 is 115 Å². The third-order valence-electron chi connectivity index (χ3n) is 26.2. The van der Waals surface area contributed by atoms with E-state index >= 15 is 0 Å². The number of fused-ring (bicyclic) bond motifs is 4. The van der Waals surface area contributed by atoms with E-state index in [1.54, 1.807) is 58.0 Å². The Morgan fingerprint density at radius 3 is 0.833 bits per heavy atom.